The van der Waals surface area contributed by atoms with Crippen LogP contribution in [0.4, 0.5) is 23.0 Å². The van der Waals surface area contributed by atoms with Gasteiger partial charge in [0.05, 0.1) is 16.5 Å². The SMILES string of the molecule is Cc1ccc([NH+]=c2cc(-c3ccccc3)oc3ccc(Cl)cc23)cc1Cl.F[B-](F)(F)F. The van der Waals surface area contributed by atoms with Gasteiger partial charge in [-0.1, -0.05) is 59.6 Å². The summed E-state index contributed by atoms with van der Waals surface area (Å²) in [6, 6.07) is 23.5. The third-order valence-corrected chi connectivity index (χ3v) is 4.88. The predicted octanol–water partition coefficient (Wildman–Crippen LogP) is 6.33. The van der Waals surface area contributed by atoms with E-state index in [1.54, 1.807) is 0 Å². The van der Waals surface area contributed by atoms with Gasteiger partial charge in [0.1, 0.15) is 11.3 Å². The molecule has 4 aromatic rings. The van der Waals surface area contributed by atoms with Gasteiger partial charge in [0.25, 0.3) is 0 Å². The Morgan fingerprint density at radius 2 is 1.52 bits per heavy atom. The van der Waals surface area contributed by atoms with Gasteiger partial charge in [-0.3, -0.25) is 0 Å². The molecule has 2 nitrogen and oxygen atoms in total. The first-order valence-corrected chi connectivity index (χ1v) is 9.88. The standard InChI is InChI=1S/C22H15Cl2NO.BF4/c1-14-7-9-17(12-19(14)24)25-20-13-22(15-5-3-2-4-6-15)26-21-10-8-16(23)11-18(20)21;2-1(3,4)5/h2-13H,1H3;/q;-1/p+1. The molecule has 0 bridgehead atoms. The Bertz CT molecular complexity index is 1270. The fourth-order valence-electron chi connectivity index (χ4n) is 2.83. The van der Waals surface area contributed by atoms with Crippen molar-refractivity contribution in [1.29, 1.82) is 0 Å². The van der Waals surface area contributed by atoms with Crippen molar-refractivity contribution in [2.45, 2.75) is 6.92 Å². The van der Waals surface area contributed by atoms with E-state index in [1.165, 1.54) is 0 Å². The van der Waals surface area contributed by atoms with Crippen molar-refractivity contribution in [1.82, 2.24) is 0 Å². The Morgan fingerprint density at radius 1 is 0.839 bits per heavy atom. The van der Waals surface area contributed by atoms with Gasteiger partial charge in [-0.15, -0.1) is 0 Å². The molecule has 31 heavy (non-hydrogen) atoms. The number of fused-ring (bicyclic) bond motifs is 1. The molecule has 0 saturated carbocycles. The van der Waals surface area contributed by atoms with E-state index >= 15 is 0 Å². The van der Waals surface area contributed by atoms with Gasteiger partial charge in [-0.2, -0.15) is 0 Å². The minimum absolute atomic E-state index is 0.658. The molecule has 0 saturated heterocycles. The quantitative estimate of drug-likeness (QED) is 0.270. The smallest absolute Gasteiger partial charge is 0.456 e. The van der Waals surface area contributed by atoms with Gasteiger partial charge in [-0.05, 0) is 30.7 Å². The summed E-state index contributed by atoms with van der Waals surface area (Å²) in [6.45, 7) is 1.98. The molecule has 1 N–H and O–H groups in total. The Kier molecular flexibility index (Phi) is 7.08. The molecular formula is C22H16BCl2F4NO. The molecule has 3 aromatic carbocycles. The summed E-state index contributed by atoms with van der Waals surface area (Å²) >= 11 is 12.5. The maximum absolute atomic E-state index is 9.75. The van der Waals surface area contributed by atoms with Gasteiger partial charge < -0.3 is 21.7 Å². The minimum atomic E-state index is -6.00. The Hall–Kier alpha value is -2.77. The molecular weight excluding hydrogens is 452 g/mol. The number of rotatable bonds is 2. The van der Waals surface area contributed by atoms with Gasteiger partial charge in [0.2, 0.25) is 11.0 Å². The molecule has 160 valence electrons. The van der Waals surface area contributed by atoms with Crippen molar-refractivity contribution in [2.75, 3.05) is 0 Å². The molecule has 0 aliphatic heterocycles. The fourth-order valence-corrected chi connectivity index (χ4v) is 3.19. The van der Waals surface area contributed by atoms with E-state index in [0.717, 1.165) is 43.9 Å². The van der Waals surface area contributed by atoms with E-state index in [4.69, 9.17) is 27.6 Å². The lowest BCUT2D eigenvalue weighted by atomic mass is 10.1. The summed E-state index contributed by atoms with van der Waals surface area (Å²) in [6.07, 6.45) is 0. The van der Waals surface area contributed by atoms with Crippen LogP contribution in [-0.4, -0.2) is 7.25 Å². The first kappa shape index (κ1) is 22.9. The van der Waals surface area contributed by atoms with Crippen LogP contribution in [0.15, 0.2) is 77.2 Å². The first-order chi connectivity index (χ1) is 14.6. The predicted molar refractivity (Wildman–Crippen MR) is 117 cm³/mol. The molecule has 0 amide bonds. The van der Waals surface area contributed by atoms with Crippen molar-refractivity contribution in [3.63, 3.8) is 0 Å². The average Bonchev–Trinajstić information content (AvgIpc) is 2.70. The highest BCUT2D eigenvalue weighted by Gasteiger charge is 2.20. The maximum atomic E-state index is 9.75. The van der Waals surface area contributed by atoms with Gasteiger partial charge in [-0.25, -0.2) is 4.99 Å². The Labute approximate surface area is 185 Å². The molecule has 0 fully saturated rings. The summed E-state index contributed by atoms with van der Waals surface area (Å²) in [4.78, 5) is 3.45. The molecule has 0 unspecified atom stereocenters. The van der Waals surface area contributed by atoms with Crippen molar-refractivity contribution in [2.24, 2.45) is 0 Å². The van der Waals surface area contributed by atoms with Crippen LogP contribution >= 0.6 is 23.2 Å². The number of hydrogen-bond acceptors (Lipinski definition) is 1. The van der Waals surface area contributed by atoms with E-state index in [2.05, 4.69) is 4.99 Å². The van der Waals surface area contributed by atoms with Gasteiger partial charge in [0, 0.05) is 22.7 Å². The monoisotopic (exact) mass is 467 g/mol. The summed E-state index contributed by atoms with van der Waals surface area (Å²) in [7, 11) is -6.00. The van der Waals surface area contributed by atoms with Crippen LogP contribution in [0.2, 0.25) is 10.0 Å². The second-order valence-electron chi connectivity index (χ2n) is 6.61. The van der Waals surface area contributed by atoms with Crippen LogP contribution in [0.25, 0.3) is 22.3 Å². The summed E-state index contributed by atoms with van der Waals surface area (Å²) in [5.41, 5.74) is 3.72. The van der Waals surface area contributed by atoms with Crippen molar-refractivity contribution < 1.29 is 26.7 Å². The van der Waals surface area contributed by atoms with Crippen LogP contribution in [0.5, 0.6) is 0 Å². The summed E-state index contributed by atoms with van der Waals surface area (Å²) < 4.78 is 45.1. The molecule has 0 aliphatic rings. The highest BCUT2D eigenvalue weighted by molar-refractivity contribution is 6.50. The highest BCUT2D eigenvalue weighted by atomic mass is 35.5. The number of hydrogen-bond donors (Lipinski definition) is 1. The fraction of sp³-hybridized carbons (Fsp3) is 0.0455. The van der Waals surface area contributed by atoms with Crippen LogP contribution in [0.1, 0.15) is 5.56 Å². The summed E-state index contributed by atoms with van der Waals surface area (Å²) in [5, 5.41) is 3.20. The second kappa shape index (κ2) is 9.58. The zero-order valence-electron chi connectivity index (χ0n) is 16.2. The van der Waals surface area contributed by atoms with E-state index in [0.29, 0.717) is 5.02 Å². The highest BCUT2D eigenvalue weighted by Crippen LogP contribution is 2.23. The third-order valence-electron chi connectivity index (χ3n) is 4.24. The molecule has 4 rings (SSSR count). The number of benzene rings is 3. The van der Waals surface area contributed by atoms with Crippen LogP contribution in [-0.2, 0) is 0 Å². The molecule has 9 heteroatoms. The molecule has 0 aliphatic carbocycles. The minimum Gasteiger partial charge on any atom is -0.456 e. The van der Waals surface area contributed by atoms with Gasteiger partial charge >= 0.3 is 7.25 Å². The normalized spacial score (nSPS) is 11.9. The van der Waals surface area contributed by atoms with Crippen LogP contribution < -0.4 is 10.3 Å². The summed E-state index contributed by atoms with van der Waals surface area (Å²) in [5.74, 6) is 0.779. The largest absolute Gasteiger partial charge is 0.673 e. The lowest BCUT2D eigenvalue weighted by Gasteiger charge is -2.03. The zero-order valence-corrected chi connectivity index (χ0v) is 17.7. The molecule has 0 radical (unpaired) electrons. The van der Waals surface area contributed by atoms with Crippen molar-refractivity contribution >= 4 is 47.1 Å². The van der Waals surface area contributed by atoms with E-state index < -0.39 is 7.25 Å². The Balaban J connectivity index is 0.000000491. The lowest BCUT2D eigenvalue weighted by molar-refractivity contribution is -0.400. The second-order valence-corrected chi connectivity index (χ2v) is 7.46. The first-order valence-electron chi connectivity index (χ1n) is 9.12. The molecule has 1 aromatic heterocycles. The topological polar surface area (TPSA) is 27.1 Å². The van der Waals surface area contributed by atoms with Gasteiger partial charge in [0.15, 0.2) is 0 Å². The van der Waals surface area contributed by atoms with Crippen molar-refractivity contribution in [3.05, 3.63) is 93.8 Å². The van der Waals surface area contributed by atoms with E-state index in [-0.39, 0.29) is 0 Å². The van der Waals surface area contributed by atoms with Crippen molar-refractivity contribution in [3.8, 4) is 11.3 Å². The lowest BCUT2D eigenvalue weighted by Crippen LogP contribution is -2.70. The van der Waals surface area contributed by atoms with E-state index in [1.807, 2.05) is 79.7 Å². The molecule has 1 heterocycles. The van der Waals surface area contributed by atoms with E-state index in [9.17, 15) is 17.3 Å². The zero-order chi connectivity index (χ0) is 22.6. The van der Waals surface area contributed by atoms with Crippen LogP contribution in [0, 0.1) is 6.92 Å². The third kappa shape index (κ3) is 6.61. The average molecular weight is 468 g/mol. The number of nitrogens with one attached hydrogen (secondary N) is 1. The molecule has 0 spiro atoms. The maximum Gasteiger partial charge on any atom is 0.673 e. The molecule has 0 atom stereocenters. The Morgan fingerprint density at radius 3 is 2.16 bits per heavy atom. The van der Waals surface area contributed by atoms with Crippen LogP contribution in [0.3, 0.4) is 0 Å². The number of halogens is 6. The number of aryl methyl sites for hydroxylation is 1.